The summed E-state index contributed by atoms with van der Waals surface area (Å²) in [5, 5.41) is 12.4. The van der Waals surface area contributed by atoms with Gasteiger partial charge in [0, 0.05) is 18.7 Å². The summed E-state index contributed by atoms with van der Waals surface area (Å²) in [6.45, 7) is 0.471. The van der Waals surface area contributed by atoms with Gasteiger partial charge in [0.15, 0.2) is 6.35 Å². The zero-order valence-corrected chi connectivity index (χ0v) is 34.3. The average Bonchev–Trinajstić information content (AvgIpc) is 3.29. The Morgan fingerprint density at radius 3 is 1.65 bits per heavy atom. The predicted octanol–water partition coefficient (Wildman–Crippen LogP) is 9.16. The molecule has 1 saturated heterocycles. The molecular weight excluding hydrogens is 774 g/mol. The molecule has 0 aromatic heterocycles. The molecule has 1 fully saturated rings. The van der Waals surface area contributed by atoms with Gasteiger partial charge in [0.1, 0.15) is 5.75 Å². The van der Waals surface area contributed by atoms with Crippen LogP contribution < -0.4 is 10.5 Å². The van der Waals surface area contributed by atoms with E-state index in [1.54, 1.807) is 34.1 Å². The summed E-state index contributed by atoms with van der Waals surface area (Å²) in [6, 6.07) is 51.7. The Bertz CT molecular complexity index is 2300. The number of hydrogen-bond acceptors (Lipinski definition) is 7. The number of aliphatic hydroxyl groups excluding tert-OH is 1. The number of aliphatic hydroxyl groups is 1. The number of nitrogens with two attached hydrogens (primary N) is 1. The number of ether oxygens (including phenoxy) is 1. The topological polar surface area (TPSA) is 132 Å². The first-order valence-electron chi connectivity index (χ1n) is 20.1. The molecule has 0 bridgehead atoms. The highest BCUT2D eigenvalue weighted by atomic mass is 31.2. The van der Waals surface area contributed by atoms with Crippen LogP contribution in [0.4, 0.5) is 4.79 Å². The minimum absolute atomic E-state index is 0.0780. The maximum absolute atomic E-state index is 15.0. The summed E-state index contributed by atoms with van der Waals surface area (Å²) in [5.41, 5.74) is 11.2. The van der Waals surface area contributed by atoms with Crippen molar-refractivity contribution in [1.82, 2.24) is 9.80 Å². The minimum Gasteiger partial charge on any atom is -0.481 e. The minimum atomic E-state index is -3.77. The van der Waals surface area contributed by atoms with Crippen LogP contribution in [-0.2, 0) is 52.8 Å². The lowest BCUT2D eigenvalue weighted by atomic mass is 9.88. The Balaban J connectivity index is 1.15. The third-order valence-electron chi connectivity index (χ3n) is 10.7. The van der Waals surface area contributed by atoms with Crippen LogP contribution in [0.15, 0.2) is 170 Å². The summed E-state index contributed by atoms with van der Waals surface area (Å²) in [5.74, 6) is -0.137. The molecule has 0 radical (unpaired) electrons. The largest absolute Gasteiger partial charge is 0.481 e. The van der Waals surface area contributed by atoms with Crippen LogP contribution in [0.2, 0.25) is 0 Å². The molecule has 7 rings (SSSR count). The molecule has 0 spiro atoms. The van der Waals surface area contributed by atoms with E-state index in [-0.39, 0.29) is 38.7 Å². The van der Waals surface area contributed by atoms with Crippen molar-refractivity contribution in [1.29, 1.82) is 0 Å². The molecule has 0 unspecified atom stereocenters. The van der Waals surface area contributed by atoms with E-state index in [9.17, 15) is 19.3 Å². The van der Waals surface area contributed by atoms with Gasteiger partial charge in [0.05, 0.1) is 31.4 Å². The van der Waals surface area contributed by atoms with Gasteiger partial charge < -0.3 is 34.4 Å². The molecule has 1 heterocycles. The van der Waals surface area contributed by atoms with Crippen LogP contribution in [0.25, 0.3) is 0 Å². The number of carbonyl (C=O) groups excluding carboxylic acids is 2. The van der Waals surface area contributed by atoms with Crippen LogP contribution in [0.3, 0.4) is 0 Å². The van der Waals surface area contributed by atoms with E-state index in [0.29, 0.717) is 30.6 Å². The molecule has 1 aliphatic heterocycles. The monoisotopic (exact) mass is 823 g/mol. The first-order valence-corrected chi connectivity index (χ1v) is 21.9. The lowest BCUT2D eigenvalue weighted by Gasteiger charge is -2.49. The maximum Gasteiger partial charge on any atom is 0.368 e. The lowest BCUT2D eigenvalue weighted by Crippen LogP contribution is -2.66. The molecule has 6 aromatic rings. The number of urea groups is 1. The van der Waals surface area contributed by atoms with Gasteiger partial charge in [-0.1, -0.05) is 146 Å². The molecular formula is C49H50N3O7P. The number of nitrogens with zero attached hydrogens (tertiary/aromatic N) is 2. The van der Waals surface area contributed by atoms with Crippen molar-refractivity contribution >= 4 is 19.5 Å². The zero-order chi connectivity index (χ0) is 41.7. The van der Waals surface area contributed by atoms with Crippen molar-refractivity contribution in [3.8, 4) is 5.75 Å². The van der Waals surface area contributed by atoms with Gasteiger partial charge in [-0.3, -0.25) is 9.36 Å². The van der Waals surface area contributed by atoms with E-state index in [1.165, 1.54) is 0 Å². The Kier molecular flexibility index (Phi) is 14.2. The number of rotatable bonds is 19. The number of amides is 3. The van der Waals surface area contributed by atoms with Gasteiger partial charge in [-0.15, -0.1) is 0 Å². The highest BCUT2D eigenvalue weighted by Crippen LogP contribution is 2.50. The number of primary amides is 1. The van der Waals surface area contributed by atoms with Crippen LogP contribution in [-0.4, -0.2) is 51.4 Å². The van der Waals surface area contributed by atoms with E-state index >= 15 is 0 Å². The standard InChI is InChI=1S/C49H50N3O7P/c50-48(54)43-25-13-23-41(29-43)32-52-46(31-38-17-7-2-8-18-38)47(53)45(28-27-37-15-5-1-6-16-37)51(49(52)55)33-42-24-14-26-44(30-42)57-36-60(56,58-34-39-19-9-3-10-20-39)59-35-40-21-11-4-12-22-40/h1-26,29-30,45-47,53H,27-28,31-36H2,(H2,50,54)/t45-,46-,47-/m1/s1. The van der Waals surface area contributed by atoms with Crippen molar-refractivity contribution in [2.75, 3.05) is 6.35 Å². The molecule has 3 N–H and O–H groups in total. The van der Waals surface area contributed by atoms with Gasteiger partial charge in [0.2, 0.25) is 5.91 Å². The van der Waals surface area contributed by atoms with E-state index in [2.05, 4.69) is 0 Å². The second kappa shape index (κ2) is 20.3. The van der Waals surface area contributed by atoms with E-state index < -0.39 is 31.7 Å². The van der Waals surface area contributed by atoms with Crippen molar-refractivity contribution in [3.63, 3.8) is 0 Å². The quantitative estimate of drug-likeness (QED) is 0.0779. The molecule has 1 aliphatic rings. The molecule has 60 heavy (non-hydrogen) atoms. The highest BCUT2D eigenvalue weighted by Gasteiger charge is 2.45. The summed E-state index contributed by atoms with van der Waals surface area (Å²) < 4.78 is 32.2. The van der Waals surface area contributed by atoms with Gasteiger partial charge in [-0.25, -0.2) is 4.79 Å². The van der Waals surface area contributed by atoms with Crippen LogP contribution in [0, 0.1) is 0 Å². The smallest absolute Gasteiger partial charge is 0.368 e. The van der Waals surface area contributed by atoms with Crippen LogP contribution >= 0.6 is 7.60 Å². The number of carbonyl (C=O) groups is 2. The van der Waals surface area contributed by atoms with Crippen molar-refractivity contribution < 1.29 is 33.0 Å². The van der Waals surface area contributed by atoms with Crippen LogP contribution in [0.5, 0.6) is 5.75 Å². The van der Waals surface area contributed by atoms with Gasteiger partial charge in [-0.2, -0.15) is 0 Å². The number of aryl methyl sites for hydroxylation is 1. The van der Waals surface area contributed by atoms with E-state index in [1.807, 2.05) is 146 Å². The fourth-order valence-corrected chi connectivity index (χ4v) is 8.75. The molecule has 3 atom stereocenters. The molecule has 6 aromatic carbocycles. The summed E-state index contributed by atoms with van der Waals surface area (Å²) >= 11 is 0. The zero-order valence-electron chi connectivity index (χ0n) is 33.4. The van der Waals surface area contributed by atoms with Gasteiger partial charge >= 0.3 is 13.6 Å². The Morgan fingerprint density at radius 2 is 1.08 bits per heavy atom. The van der Waals surface area contributed by atoms with Crippen molar-refractivity contribution in [2.24, 2.45) is 5.73 Å². The third-order valence-corrected chi connectivity index (χ3v) is 12.2. The third kappa shape index (κ3) is 11.4. The SMILES string of the molecule is NC(=O)c1cccc(CN2C(=O)N(Cc3cccc(OCP(=O)(OCc4ccccc4)OCc4ccccc4)c3)[C@H](CCc3ccccc3)[C@@H](O)[C@H]2Cc2ccccc2)c1. The van der Waals surface area contributed by atoms with Gasteiger partial charge in [0.25, 0.3) is 0 Å². The summed E-state index contributed by atoms with van der Waals surface area (Å²) in [6.07, 6.45) is 0.330. The number of benzene rings is 6. The second-order valence-corrected chi connectivity index (χ2v) is 17.0. The highest BCUT2D eigenvalue weighted by molar-refractivity contribution is 7.53. The van der Waals surface area contributed by atoms with Crippen molar-refractivity contribution in [2.45, 2.75) is 63.8 Å². The van der Waals surface area contributed by atoms with Crippen LogP contribution in [0.1, 0.15) is 50.2 Å². The predicted molar refractivity (Wildman–Crippen MR) is 232 cm³/mol. The second-order valence-electron chi connectivity index (χ2n) is 15.0. The normalized spacial score (nSPS) is 16.8. The maximum atomic E-state index is 15.0. The average molecular weight is 824 g/mol. The molecule has 11 heteroatoms. The van der Waals surface area contributed by atoms with Gasteiger partial charge in [-0.05, 0) is 76.9 Å². The molecule has 10 nitrogen and oxygen atoms in total. The number of hydrogen-bond donors (Lipinski definition) is 2. The summed E-state index contributed by atoms with van der Waals surface area (Å²) in [4.78, 5) is 30.6. The fourth-order valence-electron chi connectivity index (χ4n) is 7.53. The Morgan fingerprint density at radius 1 is 0.600 bits per heavy atom. The molecule has 308 valence electrons. The molecule has 0 aliphatic carbocycles. The lowest BCUT2D eigenvalue weighted by molar-refractivity contribution is -0.0453. The first kappa shape index (κ1) is 42.1. The first-order chi connectivity index (χ1) is 29.2. The van der Waals surface area contributed by atoms with E-state index in [4.69, 9.17) is 19.5 Å². The summed E-state index contributed by atoms with van der Waals surface area (Å²) in [7, 11) is -3.77. The molecule has 0 saturated carbocycles. The van der Waals surface area contributed by atoms with E-state index in [0.717, 1.165) is 33.4 Å². The van der Waals surface area contributed by atoms with Crippen molar-refractivity contribution in [3.05, 3.63) is 209 Å². The Hall–Kier alpha value is -6.03. The fraction of sp³-hybridized carbons (Fsp3) is 0.224. The Labute approximate surface area is 351 Å². The molecule has 3 amide bonds.